The third kappa shape index (κ3) is 5.10. The third-order valence-corrected chi connectivity index (χ3v) is 4.62. The second kappa shape index (κ2) is 9.56. The van der Waals surface area contributed by atoms with Gasteiger partial charge in [-0.1, -0.05) is 48.2 Å². The molecular formula is C19H19N5O3S. The number of rotatable bonds is 8. The normalized spacial score (nSPS) is 10.4. The quantitative estimate of drug-likeness (QED) is 0.448. The smallest absolute Gasteiger partial charge is 0.321 e. The van der Waals surface area contributed by atoms with Crippen LogP contribution in [-0.4, -0.2) is 32.5 Å². The predicted molar refractivity (Wildman–Crippen MR) is 105 cm³/mol. The molecule has 28 heavy (non-hydrogen) atoms. The van der Waals surface area contributed by atoms with Gasteiger partial charge in [0.2, 0.25) is 11.7 Å². The van der Waals surface area contributed by atoms with E-state index < -0.39 is 11.9 Å². The van der Waals surface area contributed by atoms with Crippen LogP contribution >= 0.6 is 11.8 Å². The number of aromatic nitrogens is 3. The monoisotopic (exact) mass is 397 g/mol. The van der Waals surface area contributed by atoms with E-state index in [-0.39, 0.29) is 5.75 Å². The summed E-state index contributed by atoms with van der Waals surface area (Å²) in [5.41, 5.74) is 0.947. The van der Waals surface area contributed by atoms with Crippen LogP contribution in [0.3, 0.4) is 0 Å². The van der Waals surface area contributed by atoms with Crippen LogP contribution < -0.4 is 10.6 Å². The van der Waals surface area contributed by atoms with Gasteiger partial charge in [-0.2, -0.15) is 0 Å². The summed E-state index contributed by atoms with van der Waals surface area (Å²) in [4.78, 5) is 23.9. The molecule has 0 atom stereocenters. The van der Waals surface area contributed by atoms with E-state index in [1.807, 2.05) is 30.3 Å². The Labute approximate surface area is 166 Å². The fourth-order valence-electron chi connectivity index (χ4n) is 2.39. The maximum atomic E-state index is 12.1. The van der Waals surface area contributed by atoms with Gasteiger partial charge < -0.3 is 9.73 Å². The highest BCUT2D eigenvalue weighted by molar-refractivity contribution is 7.99. The number of hydrogen-bond acceptors (Lipinski definition) is 6. The van der Waals surface area contributed by atoms with Crippen LogP contribution in [0.2, 0.25) is 0 Å². The van der Waals surface area contributed by atoms with Crippen molar-refractivity contribution in [2.75, 3.05) is 5.75 Å². The summed E-state index contributed by atoms with van der Waals surface area (Å²) in [6, 6.07) is 12.4. The van der Waals surface area contributed by atoms with Gasteiger partial charge in [-0.15, -0.1) is 16.8 Å². The molecule has 1 aromatic carbocycles. The zero-order chi connectivity index (χ0) is 19.8. The van der Waals surface area contributed by atoms with Crippen molar-refractivity contribution < 1.29 is 14.0 Å². The molecule has 3 amide bonds. The minimum absolute atomic E-state index is 0.0200. The number of furan rings is 1. The Kier molecular flexibility index (Phi) is 6.64. The fourth-order valence-corrected chi connectivity index (χ4v) is 3.14. The number of urea groups is 1. The molecule has 0 aliphatic rings. The first kappa shape index (κ1) is 19.4. The van der Waals surface area contributed by atoms with Gasteiger partial charge >= 0.3 is 6.03 Å². The topological polar surface area (TPSA) is 102 Å². The van der Waals surface area contributed by atoms with E-state index in [4.69, 9.17) is 4.42 Å². The van der Waals surface area contributed by atoms with E-state index in [1.54, 1.807) is 29.0 Å². The molecular weight excluding hydrogens is 378 g/mol. The first-order chi connectivity index (χ1) is 13.7. The first-order valence-electron chi connectivity index (χ1n) is 8.49. The van der Waals surface area contributed by atoms with Gasteiger partial charge in [0.25, 0.3) is 0 Å². The molecule has 2 heterocycles. The summed E-state index contributed by atoms with van der Waals surface area (Å²) in [6.07, 6.45) is 3.26. The molecule has 8 nitrogen and oxygen atoms in total. The van der Waals surface area contributed by atoms with Crippen LogP contribution in [-0.2, 0) is 17.9 Å². The number of amides is 3. The fraction of sp³-hybridized carbons (Fsp3) is 0.158. The van der Waals surface area contributed by atoms with E-state index in [0.717, 1.165) is 5.56 Å². The van der Waals surface area contributed by atoms with Gasteiger partial charge in [0, 0.05) is 13.1 Å². The molecule has 2 N–H and O–H groups in total. The van der Waals surface area contributed by atoms with E-state index in [2.05, 4.69) is 27.4 Å². The van der Waals surface area contributed by atoms with Crippen molar-refractivity contribution in [1.82, 2.24) is 25.4 Å². The largest absolute Gasteiger partial charge is 0.461 e. The lowest BCUT2D eigenvalue weighted by Crippen LogP contribution is -2.40. The summed E-state index contributed by atoms with van der Waals surface area (Å²) < 4.78 is 7.15. The minimum Gasteiger partial charge on any atom is -0.461 e. The van der Waals surface area contributed by atoms with Gasteiger partial charge in [-0.25, -0.2) is 4.79 Å². The minimum atomic E-state index is -0.543. The lowest BCUT2D eigenvalue weighted by atomic mass is 10.2. The first-order valence-corrected chi connectivity index (χ1v) is 9.48. The molecule has 3 rings (SSSR count). The molecule has 0 radical (unpaired) electrons. The van der Waals surface area contributed by atoms with Crippen LogP contribution in [0.4, 0.5) is 4.79 Å². The number of nitrogens with zero attached hydrogens (tertiary/aromatic N) is 3. The van der Waals surface area contributed by atoms with Crippen molar-refractivity contribution in [2.24, 2.45) is 0 Å². The zero-order valence-corrected chi connectivity index (χ0v) is 15.8. The number of carbonyl (C=O) groups excluding carboxylic acids is 2. The van der Waals surface area contributed by atoms with Crippen LogP contribution in [0.25, 0.3) is 11.6 Å². The Morgan fingerprint density at radius 1 is 1.18 bits per heavy atom. The molecule has 3 aromatic rings. The van der Waals surface area contributed by atoms with Crippen LogP contribution in [0.1, 0.15) is 5.56 Å². The highest BCUT2D eigenvalue weighted by Gasteiger charge is 2.17. The van der Waals surface area contributed by atoms with Crippen molar-refractivity contribution in [1.29, 1.82) is 0 Å². The number of allylic oxidation sites excluding steroid dienone is 1. The Balaban J connectivity index is 1.53. The number of imide groups is 1. The highest BCUT2D eigenvalue weighted by Crippen LogP contribution is 2.24. The summed E-state index contributed by atoms with van der Waals surface area (Å²) in [7, 11) is 0. The van der Waals surface area contributed by atoms with E-state index >= 15 is 0 Å². The molecule has 0 saturated carbocycles. The maximum absolute atomic E-state index is 12.1. The van der Waals surface area contributed by atoms with Crippen molar-refractivity contribution in [3.63, 3.8) is 0 Å². The third-order valence-electron chi connectivity index (χ3n) is 3.65. The van der Waals surface area contributed by atoms with Crippen LogP contribution in [0, 0.1) is 0 Å². The Morgan fingerprint density at radius 3 is 2.71 bits per heavy atom. The standard InChI is InChI=1S/C19H19N5O3S/c1-2-10-24-17(15-9-6-11-27-15)22-23-19(24)28-13-16(25)21-18(26)20-12-14-7-4-3-5-8-14/h2-9,11H,1,10,12-13H2,(H2,20,21,25,26). The van der Waals surface area contributed by atoms with E-state index in [9.17, 15) is 9.59 Å². The Hall–Kier alpha value is -3.33. The maximum Gasteiger partial charge on any atom is 0.321 e. The Bertz CT molecular complexity index is 938. The molecule has 0 saturated heterocycles. The molecule has 2 aromatic heterocycles. The number of carbonyl (C=O) groups is 2. The van der Waals surface area contributed by atoms with Gasteiger partial charge in [-0.3, -0.25) is 14.7 Å². The van der Waals surface area contributed by atoms with Crippen LogP contribution in [0.5, 0.6) is 0 Å². The van der Waals surface area contributed by atoms with E-state index in [0.29, 0.717) is 29.8 Å². The predicted octanol–water partition coefficient (Wildman–Crippen LogP) is 2.84. The molecule has 0 spiro atoms. The lowest BCUT2D eigenvalue weighted by Gasteiger charge is -2.08. The SMILES string of the molecule is C=CCn1c(SCC(=O)NC(=O)NCc2ccccc2)nnc1-c1ccco1. The average Bonchev–Trinajstić information content (AvgIpc) is 3.36. The van der Waals surface area contributed by atoms with Gasteiger partial charge in [0.15, 0.2) is 10.9 Å². The summed E-state index contributed by atoms with van der Waals surface area (Å²) in [5, 5.41) is 13.7. The molecule has 0 bridgehead atoms. The van der Waals surface area contributed by atoms with Gasteiger partial charge in [-0.05, 0) is 17.7 Å². The molecule has 0 unspecified atom stereocenters. The van der Waals surface area contributed by atoms with Gasteiger partial charge in [0.05, 0.1) is 12.0 Å². The highest BCUT2D eigenvalue weighted by atomic mass is 32.2. The van der Waals surface area contributed by atoms with Crippen LogP contribution in [0.15, 0.2) is 71.0 Å². The van der Waals surface area contributed by atoms with E-state index in [1.165, 1.54) is 11.8 Å². The van der Waals surface area contributed by atoms with Crippen molar-refractivity contribution in [3.8, 4) is 11.6 Å². The zero-order valence-electron chi connectivity index (χ0n) is 15.0. The number of hydrogen-bond donors (Lipinski definition) is 2. The second-order valence-electron chi connectivity index (χ2n) is 5.69. The number of nitrogens with one attached hydrogen (secondary N) is 2. The molecule has 0 fully saturated rings. The van der Waals surface area contributed by atoms with Crippen molar-refractivity contribution in [3.05, 3.63) is 66.9 Å². The molecule has 0 aliphatic heterocycles. The molecule has 144 valence electrons. The summed E-state index contributed by atoms with van der Waals surface area (Å²) >= 11 is 1.18. The number of thioether (sulfide) groups is 1. The van der Waals surface area contributed by atoms with Gasteiger partial charge in [0.1, 0.15) is 0 Å². The van der Waals surface area contributed by atoms with Crippen molar-refractivity contribution >= 4 is 23.7 Å². The number of benzene rings is 1. The lowest BCUT2D eigenvalue weighted by molar-refractivity contribution is -0.117. The molecule has 9 heteroatoms. The average molecular weight is 397 g/mol. The Morgan fingerprint density at radius 2 is 2.00 bits per heavy atom. The van der Waals surface area contributed by atoms with Crippen molar-refractivity contribution in [2.45, 2.75) is 18.2 Å². The second-order valence-corrected chi connectivity index (χ2v) is 6.63. The molecule has 0 aliphatic carbocycles. The summed E-state index contributed by atoms with van der Waals surface area (Å²) in [5.74, 6) is 0.717. The summed E-state index contributed by atoms with van der Waals surface area (Å²) in [6.45, 7) is 4.53.